The minimum atomic E-state index is -0.244. The summed E-state index contributed by atoms with van der Waals surface area (Å²) in [5.41, 5.74) is 3.19. The van der Waals surface area contributed by atoms with E-state index in [0.717, 1.165) is 34.4 Å². The zero-order valence-electron chi connectivity index (χ0n) is 10.00. The summed E-state index contributed by atoms with van der Waals surface area (Å²) < 4.78 is 6.45. The fraction of sp³-hybridized carbons (Fsp3) is 0.200. The molecule has 1 unspecified atom stereocenters. The highest BCUT2D eigenvalue weighted by Crippen LogP contribution is 2.37. The molecule has 0 saturated heterocycles. The monoisotopic (exact) mass is 356 g/mol. The highest BCUT2D eigenvalue weighted by atomic mass is 79.9. The van der Waals surface area contributed by atoms with Crippen LogP contribution in [-0.4, -0.2) is 6.61 Å². The van der Waals surface area contributed by atoms with Crippen LogP contribution in [0.15, 0.2) is 40.9 Å². The fourth-order valence-corrected chi connectivity index (χ4v) is 3.42. The number of benzene rings is 2. The fourth-order valence-electron chi connectivity index (χ4n) is 2.25. The summed E-state index contributed by atoms with van der Waals surface area (Å²) in [5.74, 6) is 0.967. The lowest BCUT2D eigenvalue weighted by Crippen LogP contribution is -1.95. The van der Waals surface area contributed by atoms with E-state index in [1.165, 1.54) is 5.56 Å². The van der Waals surface area contributed by atoms with Gasteiger partial charge in [0.15, 0.2) is 0 Å². The molecule has 4 heteroatoms. The van der Waals surface area contributed by atoms with E-state index in [-0.39, 0.29) is 5.38 Å². The molecule has 0 radical (unpaired) electrons. The first kappa shape index (κ1) is 13.3. The topological polar surface area (TPSA) is 9.23 Å². The normalized spacial score (nSPS) is 14.9. The molecule has 2 aromatic rings. The largest absolute Gasteiger partial charge is 0.493 e. The van der Waals surface area contributed by atoms with Crippen LogP contribution in [0.5, 0.6) is 5.75 Å². The number of hydrogen-bond acceptors (Lipinski definition) is 1. The van der Waals surface area contributed by atoms with Crippen molar-refractivity contribution in [2.24, 2.45) is 0 Å². The molecule has 3 rings (SSSR count). The number of fused-ring (bicyclic) bond motifs is 1. The zero-order chi connectivity index (χ0) is 13.4. The molecular weight excluding hydrogens is 347 g/mol. The van der Waals surface area contributed by atoms with Gasteiger partial charge in [-0.3, -0.25) is 0 Å². The van der Waals surface area contributed by atoms with Gasteiger partial charge in [-0.25, -0.2) is 0 Å². The van der Waals surface area contributed by atoms with Crippen LogP contribution in [0.1, 0.15) is 22.1 Å². The Hall–Kier alpha value is -0.700. The summed E-state index contributed by atoms with van der Waals surface area (Å²) in [5, 5.41) is 0.428. The van der Waals surface area contributed by atoms with Crippen molar-refractivity contribution < 1.29 is 4.74 Å². The number of ether oxygens (including phenoxy) is 1. The molecule has 1 nitrogen and oxygen atoms in total. The van der Waals surface area contributed by atoms with Crippen LogP contribution >= 0.6 is 39.1 Å². The molecule has 0 bridgehead atoms. The van der Waals surface area contributed by atoms with Gasteiger partial charge in [-0.1, -0.05) is 45.7 Å². The highest BCUT2D eigenvalue weighted by Gasteiger charge is 2.18. The van der Waals surface area contributed by atoms with Crippen LogP contribution in [0.4, 0.5) is 0 Å². The summed E-state index contributed by atoms with van der Waals surface area (Å²) >= 11 is 16.2. The van der Waals surface area contributed by atoms with E-state index in [2.05, 4.69) is 22.0 Å². The Morgan fingerprint density at radius 2 is 2.00 bits per heavy atom. The molecule has 0 aromatic heterocycles. The number of rotatable bonds is 2. The predicted molar refractivity (Wildman–Crippen MR) is 82.5 cm³/mol. The summed E-state index contributed by atoms with van der Waals surface area (Å²) in [4.78, 5) is 0. The quantitative estimate of drug-likeness (QED) is 0.657. The predicted octanol–water partition coefficient (Wildman–Crippen LogP) is 5.37. The van der Waals surface area contributed by atoms with Gasteiger partial charge in [-0.2, -0.15) is 0 Å². The average Bonchev–Trinajstić information content (AvgIpc) is 2.85. The molecule has 1 heterocycles. The van der Waals surface area contributed by atoms with Crippen molar-refractivity contribution in [1.82, 2.24) is 0 Å². The van der Waals surface area contributed by atoms with Crippen molar-refractivity contribution in [2.45, 2.75) is 11.8 Å². The molecule has 98 valence electrons. The lowest BCUT2D eigenvalue weighted by molar-refractivity contribution is 0.357. The first-order valence-electron chi connectivity index (χ1n) is 6.00. The molecule has 19 heavy (non-hydrogen) atoms. The van der Waals surface area contributed by atoms with Gasteiger partial charge in [0, 0.05) is 15.9 Å². The van der Waals surface area contributed by atoms with E-state index < -0.39 is 0 Å². The molecule has 0 amide bonds. The maximum absolute atomic E-state index is 6.55. The van der Waals surface area contributed by atoms with Gasteiger partial charge < -0.3 is 4.74 Å². The molecule has 0 spiro atoms. The summed E-state index contributed by atoms with van der Waals surface area (Å²) in [6.07, 6.45) is 0.945. The summed E-state index contributed by atoms with van der Waals surface area (Å²) in [7, 11) is 0. The molecule has 0 saturated carbocycles. The van der Waals surface area contributed by atoms with Crippen molar-refractivity contribution in [3.8, 4) is 5.75 Å². The molecule has 0 N–H and O–H groups in total. The molecular formula is C15H11BrCl2O. The average molecular weight is 358 g/mol. The maximum atomic E-state index is 6.55. The molecule has 1 aliphatic heterocycles. The standard InChI is InChI=1S/C15H11BrCl2O/c16-11-2-3-12(13(17)8-11)15(18)10-1-4-14-9(7-10)5-6-19-14/h1-4,7-8,15H,5-6H2. The van der Waals surface area contributed by atoms with Crippen LogP contribution in [0.3, 0.4) is 0 Å². The van der Waals surface area contributed by atoms with Crippen LogP contribution < -0.4 is 4.74 Å². The van der Waals surface area contributed by atoms with Crippen LogP contribution in [-0.2, 0) is 6.42 Å². The van der Waals surface area contributed by atoms with E-state index in [9.17, 15) is 0 Å². The molecule has 1 atom stereocenters. The van der Waals surface area contributed by atoms with E-state index >= 15 is 0 Å². The molecule has 0 aliphatic carbocycles. The van der Waals surface area contributed by atoms with Gasteiger partial charge in [0.2, 0.25) is 0 Å². The summed E-state index contributed by atoms with van der Waals surface area (Å²) in [6, 6.07) is 11.9. The Kier molecular flexibility index (Phi) is 3.75. The molecule has 0 fully saturated rings. The van der Waals surface area contributed by atoms with Gasteiger partial charge in [0.05, 0.1) is 12.0 Å². The zero-order valence-corrected chi connectivity index (χ0v) is 13.1. The van der Waals surface area contributed by atoms with Crippen LogP contribution in [0.2, 0.25) is 5.02 Å². The Balaban J connectivity index is 1.97. The Bertz CT molecular complexity index is 628. The number of hydrogen-bond donors (Lipinski definition) is 0. The lowest BCUT2D eigenvalue weighted by atomic mass is 10.0. The molecule has 2 aromatic carbocycles. The van der Waals surface area contributed by atoms with Gasteiger partial charge in [-0.15, -0.1) is 11.6 Å². The first-order valence-corrected chi connectivity index (χ1v) is 7.60. The molecule has 1 aliphatic rings. The number of halogens is 3. The second-order valence-corrected chi connectivity index (χ2v) is 6.25. The van der Waals surface area contributed by atoms with E-state index in [0.29, 0.717) is 5.02 Å². The van der Waals surface area contributed by atoms with Crippen molar-refractivity contribution in [2.75, 3.05) is 6.61 Å². The minimum Gasteiger partial charge on any atom is -0.493 e. The van der Waals surface area contributed by atoms with Crippen molar-refractivity contribution >= 4 is 39.1 Å². The Morgan fingerprint density at radius 3 is 2.79 bits per heavy atom. The Morgan fingerprint density at radius 1 is 1.16 bits per heavy atom. The third kappa shape index (κ3) is 2.62. The maximum Gasteiger partial charge on any atom is 0.122 e. The van der Waals surface area contributed by atoms with Crippen molar-refractivity contribution in [3.63, 3.8) is 0 Å². The van der Waals surface area contributed by atoms with Gasteiger partial charge >= 0.3 is 0 Å². The second kappa shape index (κ2) is 5.35. The SMILES string of the molecule is Clc1cc(Br)ccc1C(Cl)c1ccc2c(c1)CCO2. The third-order valence-corrected chi connectivity index (χ3v) is 4.55. The van der Waals surface area contributed by atoms with E-state index in [1.54, 1.807) is 0 Å². The van der Waals surface area contributed by atoms with Gasteiger partial charge in [-0.05, 0) is 34.9 Å². The van der Waals surface area contributed by atoms with Crippen LogP contribution in [0.25, 0.3) is 0 Å². The summed E-state index contributed by atoms with van der Waals surface area (Å²) in [6.45, 7) is 0.755. The van der Waals surface area contributed by atoms with Crippen LogP contribution in [0, 0.1) is 0 Å². The van der Waals surface area contributed by atoms with E-state index in [4.69, 9.17) is 27.9 Å². The van der Waals surface area contributed by atoms with E-state index in [1.807, 2.05) is 30.3 Å². The Labute approximate surface area is 130 Å². The van der Waals surface area contributed by atoms with Gasteiger partial charge in [0.1, 0.15) is 5.75 Å². The minimum absolute atomic E-state index is 0.244. The third-order valence-electron chi connectivity index (χ3n) is 3.24. The smallest absolute Gasteiger partial charge is 0.122 e. The van der Waals surface area contributed by atoms with Crippen molar-refractivity contribution in [3.05, 3.63) is 62.6 Å². The highest BCUT2D eigenvalue weighted by molar-refractivity contribution is 9.10. The second-order valence-electron chi connectivity index (χ2n) is 4.49. The van der Waals surface area contributed by atoms with Crippen molar-refractivity contribution in [1.29, 1.82) is 0 Å². The lowest BCUT2D eigenvalue weighted by Gasteiger charge is -2.13. The first-order chi connectivity index (χ1) is 9.15. The number of alkyl halides is 1. The van der Waals surface area contributed by atoms with Gasteiger partial charge in [0.25, 0.3) is 0 Å².